The fraction of sp³-hybridized carbons (Fsp3) is 0.353. The van der Waals surface area contributed by atoms with Crippen LogP contribution in [-0.4, -0.2) is 37.0 Å². The van der Waals surface area contributed by atoms with E-state index in [2.05, 4.69) is 15.6 Å². The fourth-order valence-corrected chi connectivity index (χ4v) is 3.12. The molecule has 0 saturated heterocycles. The van der Waals surface area contributed by atoms with Crippen molar-refractivity contribution in [3.8, 4) is 5.75 Å². The number of nitrogens with one attached hydrogen (secondary N) is 2. The Morgan fingerprint density at radius 1 is 1.37 bits per heavy atom. The van der Waals surface area contributed by atoms with Crippen LogP contribution >= 0.6 is 35.3 Å². The summed E-state index contributed by atoms with van der Waals surface area (Å²) in [4.78, 5) is 28.3. The van der Waals surface area contributed by atoms with Gasteiger partial charge in [-0.15, -0.1) is 23.7 Å². The summed E-state index contributed by atoms with van der Waals surface area (Å²) in [6.07, 6.45) is 0.763. The topological polar surface area (TPSA) is 106 Å². The minimum absolute atomic E-state index is 0. The van der Waals surface area contributed by atoms with Gasteiger partial charge in [0, 0.05) is 35.9 Å². The van der Waals surface area contributed by atoms with E-state index in [1.54, 1.807) is 17.5 Å². The van der Waals surface area contributed by atoms with Gasteiger partial charge >= 0.3 is 0 Å². The molecule has 0 radical (unpaired) electrons. The number of carbonyl (C=O) groups excluding carboxylic acids is 2. The molecule has 1 heterocycles. The van der Waals surface area contributed by atoms with Crippen molar-refractivity contribution < 1.29 is 14.3 Å². The van der Waals surface area contributed by atoms with Gasteiger partial charge in [0.1, 0.15) is 11.4 Å². The number of amides is 2. The zero-order valence-corrected chi connectivity index (χ0v) is 17.4. The van der Waals surface area contributed by atoms with Crippen LogP contribution in [0.2, 0.25) is 5.02 Å². The molecule has 148 valence electrons. The SMILES string of the molecule is COc1cc(Cl)c(C)cc1NC(=O)CCNC(=O)c1csc(CCN)n1.Cl. The van der Waals surface area contributed by atoms with E-state index in [0.29, 0.717) is 35.1 Å². The van der Waals surface area contributed by atoms with Gasteiger partial charge in [-0.3, -0.25) is 9.59 Å². The van der Waals surface area contributed by atoms with Crippen molar-refractivity contribution >= 4 is 52.8 Å². The Morgan fingerprint density at radius 2 is 2.11 bits per heavy atom. The van der Waals surface area contributed by atoms with E-state index in [9.17, 15) is 9.59 Å². The molecule has 0 fully saturated rings. The van der Waals surface area contributed by atoms with Crippen LogP contribution in [0.3, 0.4) is 0 Å². The minimum Gasteiger partial charge on any atom is -0.495 e. The number of hydrogen-bond donors (Lipinski definition) is 3. The Bertz CT molecular complexity index is 798. The molecule has 4 N–H and O–H groups in total. The van der Waals surface area contributed by atoms with Crippen LogP contribution in [0, 0.1) is 6.92 Å². The largest absolute Gasteiger partial charge is 0.495 e. The number of carbonyl (C=O) groups is 2. The smallest absolute Gasteiger partial charge is 0.270 e. The van der Waals surface area contributed by atoms with Gasteiger partial charge in [-0.05, 0) is 25.1 Å². The monoisotopic (exact) mass is 432 g/mol. The normalized spacial score (nSPS) is 10.1. The van der Waals surface area contributed by atoms with Crippen LogP contribution in [-0.2, 0) is 11.2 Å². The van der Waals surface area contributed by atoms with Gasteiger partial charge in [-0.1, -0.05) is 11.6 Å². The first-order chi connectivity index (χ1) is 12.4. The summed E-state index contributed by atoms with van der Waals surface area (Å²) in [6, 6.07) is 3.39. The first-order valence-electron chi connectivity index (χ1n) is 8.01. The van der Waals surface area contributed by atoms with Gasteiger partial charge in [0.15, 0.2) is 0 Å². The lowest BCUT2D eigenvalue weighted by atomic mass is 10.2. The van der Waals surface area contributed by atoms with E-state index in [1.165, 1.54) is 18.4 Å². The molecule has 2 aromatic rings. The molecule has 10 heteroatoms. The van der Waals surface area contributed by atoms with Crippen molar-refractivity contribution in [1.29, 1.82) is 0 Å². The average molecular weight is 433 g/mol. The van der Waals surface area contributed by atoms with Crippen molar-refractivity contribution in [2.24, 2.45) is 5.73 Å². The minimum atomic E-state index is -0.308. The van der Waals surface area contributed by atoms with Crippen molar-refractivity contribution in [3.63, 3.8) is 0 Å². The summed E-state index contributed by atoms with van der Waals surface area (Å²) >= 11 is 7.44. The zero-order chi connectivity index (χ0) is 19.1. The number of rotatable bonds is 8. The quantitative estimate of drug-likeness (QED) is 0.594. The average Bonchev–Trinajstić information content (AvgIpc) is 3.07. The summed E-state index contributed by atoms with van der Waals surface area (Å²) < 4.78 is 5.22. The molecule has 0 aliphatic carbocycles. The summed E-state index contributed by atoms with van der Waals surface area (Å²) in [7, 11) is 1.50. The summed E-state index contributed by atoms with van der Waals surface area (Å²) in [5.74, 6) is -0.0717. The Morgan fingerprint density at radius 3 is 2.78 bits per heavy atom. The summed E-state index contributed by atoms with van der Waals surface area (Å²) in [6.45, 7) is 2.52. The highest BCUT2D eigenvalue weighted by Crippen LogP contribution is 2.30. The van der Waals surface area contributed by atoms with Gasteiger partial charge in [-0.2, -0.15) is 0 Å². The Hall–Kier alpha value is -1.87. The molecule has 0 atom stereocenters. The Labute approximate surface area is 173 Å². The van der Waals surface area contributed by atoms with Crippen molar-refractivity contribution in [1.82, 2.24) is 10.3 Å². The third-order valence-electron chi connectivity index (χ3n) is 3.54. The Kier molecular flexibility index (Phi) is 9.51. The molecule has 0 saturated carbocycles. The third kappa shape index (κ3) is 6.66. The summed E-state index contributed by atoms with van der Waals surface area (Å²) in [5, 5.41) is 8.51. The van der Waals surface area contributed by atoms with Crippen LogP contribution in [0.4, 0.5) is 5.69 Å². The second-order valence-electron chi connectivity index (χ2n) is 5.52. The van der Waals surface area contributed by atoms with E-state index < -0.39 is 0 Å². The lowest BCUT2D eigenvalue weighted by Crippen LogP contribution is -2.28. The standard InChI is InChI=1S/C17H21ClN4O3S.ClH/c1-10-7-12(14(25-2)8-11(10)18)21-15(23)4-6-20-17(24)13-9-26-16(22-13)3-5-19;/h7-9H,3-6,19H2,1-2H3,(H,20,24)(H,21,23);1H. The van der Waals surface area contributed by atoms with Gasteiger partial charge in [0.05, 0.1) is 17.8 Å². The van der Waals surface area contributed by atoms with E-state index in [4.69, 9.17) is 22.1 Å². The Balaban J connectivity index is 0.00000364. The van der Waals surface area contributed by atoms with Crippen molar-refractivity contribution in [2.45, 2.75) is 19.8 Å². The number of ether oxygens (including phenoxy) is 1. The molecule has 0 bridgehead atoms. The number of anilines is 1. The molecule has 0 unspecified atom stereocenters. The highest BCUT2D eigenvalue weighted by molar-refractivity contribution is 7.09. The molecule has 2 rings (SSSR count). The molecule has 2 amide bonds. The maximum atomic E-state index is 12.1. The number of hydrogen-bond acceptors (Lipinski definition) is 6. The number of aromatic nitrogens is 1. The number of methoxy groups -OCH3 is 1. The predicted octanol–water partition coefficient (Wildman–Crippen LogP) is 2.80. The highest BCUT2D eigenvalue weighted by atomic mass is 35.5. The van der Waals surface area contributed by atoms with Crippen molar-refractivity contribution in [2.75, 3.05) is 25.5 Å². The van der Waals surface area contributed by atoms with E-state index in [0.717, 1.165) is 10.6 Å². The molecular weight excluding hydrogens is 411 g/mol. The summed E-state index contributed by atoms with van der Waals surface area (Å²) in [5.41, 5.74) is 7.17. The number of aryl methyl sites for hydroxylation is 1. The van der Waals surface area contributed by atoms with Gasteiger partial charge < -0.3 is 21.1 Å². The maximum absolute atomic E-state index is 12.1. The molecule has 1 aromatic carbocycles. The van der Waals surface area contributed by atoms with Crippen molar-refractivity contribution in [3.05, 3.63) is 38.8 Å². The number of nitrogens with two attached hydrogens (primary N) is 1. The molecule has 27 heavy (non-hydrogen) atoms. The van der Waals surface area contributed by atoms with Gasteiger partial charge in [0.2, 0.25) is 5.91 Å². The molecule has 0 aliphatic rings. The van der Waals surface area contributed by atoms with Crippen LogP contribution in [0.5, 0.6) is 5.75 Å². The van der Waals surface area contributed by atoms with Crippen LogP contribution < -0.4 is 21.1 Å². The van der Waals surface area contributed by atoms with Crippen LogP contribution in [0.25, 0.3) is 0 Å². The zero-order valence-electron chi connectivity index (χ0n) is 15.0. The van der Waals surface area contributed by atoms with Gasteiger partial charge in [-0.25, -0.2) is 4.98 Å². The molecule has 0 spiro atoms. The van der Waals surface area contributed by atoms with E-state index >= 15 is 0 Å². The van der Waals surface area contributed by atoms with Crippen LogP contribution in [0.15, 0.2) is 17.5 Å². The number of benzene rings is 1. The number of nitrogens with zero attached hydrogens (tertiary/aromatic N) is 1. The third-order valence-corrected chi connectivity index (χ3v) is 4.85. The maximum Gasteiger partial charge on any atom is 0.270 e. The van der Waals surface area contributed by atoms with Gasteiger partial charge in [0.25, 0.3) is 5.91 Å². The second-order valence-corrected chi connectivity index (χ2v) is 6.87. The van der Waals surface area contributed by atoms with E-state index in [-0.39, 0.29) is 37.2 Å². The molecule has 0 aliphatic heterocycles. The first kappa shape index (κ1) is 23.2. The molecule has 1 aromatic heterocycles. The fourth-order valence-electron chi connectivity index (χ4n) is 2.18. The first-order valence-corrected chi connectivity index (χ1v) is 9.27. The number of thiazole rings is 1. The predicted molar refractivity (Wildman–Crippen MR) is 110 cm³/mol. The van der Waals surface area contributed by atoms with E-state index in [1.807, 2.05) is 6.92 Å². The molecule has 7 nitrogen and oxygen atoms in total. The molecular formula is C17H22Cl2N4O3S. The highest BCUT2D eigenvalue weighted by Gasteiger charge is 2.13. The van der Waals surface area contributed by atoms with Crippen LogP contribution in [0.1, 0.15) is 27.5 Å². The lowest BCUT2D eigenvalue weighted by molar-refractivity contribution is -0.116. The second kappa shape index (κ2) is 11.1. The lowest BCUT2D eigenvalue weighted by Gasteiger charge is -2.12. The number of halogens is 2.